The first-order chi connectivity index (χ1) is 7.58. The quantitative estimate of drug-likeness (QED) is 0.660. The van der Waals surface area contributed by atoms with Crippen LogP contribution in [0.15, 0.2) is 0 Å². The van der Waals surface area contributed by atoms with Crippen molar-refractivity contribution in [2.75, 3.05) is 0 Å². The third-order valence-corrected chi connectivity index (χ3v) is 2.56. The summed E-state index contributed by atoms with van der Waals surface area (Å²) in [6.45, 7) is 10.6. The number of ether oxygens (including phenoxy) is 2. The SMILES string of the molecule is CC1OC(C)(C)N(C(=O)OC(C)(C)C)C1C=O. The molecule has 1 rings (SSSR count). The number of amides is 1. The van der Waals surface area contributed by atoms with Crippen molar-refractivity contribution >= 4 is 12.4 Å². The molecule has 1 heterocycles. The Morgan fingerprint density at radius 1 is 1.41 bits per heavy atom. The van der Waals surface area contributed by atoms with Crippen LogP contribution in [0, 0.1) is 0 Å². The zero-order valence-corrected chi connectivity index (χ0v) is 11.3. The van der Waals surface area contributed by atoms with Gasteiger partial charge in [0.15, 0.2) is 0 Å². The predicted octanol–water partition coefficient (Wildman–Crippen LogP) is 1.95. The number of aldehydes is 1. The minimum absolute atomic E-state index is 0.324. The van der Waals surface area contributed by atoms with E-state index in [-0.39, 0.29) is 6.10 Å². The second kappa shape index (κ2) is 4.29. The summed E-state index contributed by atoms with van der Waals surface area (Å²) in [5.74, 6) is 0. The van der Waals surface area contributed by atoms with Crippen LogP contribution in [0.2, 0.25) is 0 Å². The Labute approximate surface area is 102 Å². The molecule has 5 nitrogen and oxygen atoms in total. The molecule has 1 saturated heterocycles. The maximum Gasteiger partial charge on any atom is 0.413 e. The van der Waals surface area contributed by atoms with Crippen LogP contribution in [-0.4, -0.2) is 40.8 Å². The highest BCUT2D eigenvalue weighted by molar-refractivity contribution is 5.75. The molecule has 2 atom stereocenters. The molecule has 0 radical (unpaired) electrons. The molecule has 2 unspecified atom stereocenters. The standard InChI is InChI=1S/C12H21NO4/c1-8-9(7-14)13(12(5,6)16-8)10(15)17-11(2,3)4/h7-9H,1-6H3. The largest absolute Gasteiger partial charge is 0.444 e. The third-order valence-electron chi connectivity index (χ3n) is 2.56. The fourth-order valence-electron chi connectivity index (χ4n) is 1.97. The van der Waals surface area contributed by atoms with Gasteiger partial charge in [0.1, 0.15) is 23.7 Å². The van der Waals surface area contributed by atoms with Gasteiger partial charge in [-0.05, 0) is 41.5 Å². The molecule has 0 N–H and O–H groups in total. The van der Waals surface area contributed by atoms with Gasteiger partial charge in [0.2, 0.25) is 0 Å². The lowest BCUT2D eigenvalue weighted by Crippen LogP contribution is -2.50. The molecule has 0 saturated carbocycles. The number of rotatable bonds is 1. The highest BCUT2D eigenvalue weighted by atomic mass is 16.6. The van der Waals surface area contributed by atoms with Crippen molar-refractivity contribution < 1.29 is 19.1 Å². The summed E-state index contributed by atoms with van der Waals surface area (Å²) in [6, 6.07) is -0.597. The van der Waals surface area contributed by atoms with Crippen LogP contribution >= 0.6 is 0 Å². The normalized spacial score (nSPS) is 28.0. The van der Waals surface area contributed by atoms with E-state index in [9.17, 15) is 9.59 Å². The molecule has 1 amide bonds. The van der Waals surface area contributed by atoms with Gasteiger partial charge in [-0.1, -0.05) is 0 Å². The number of hydrogen-bond donors (Lipinski definition) is 0. The van der Waals surface area contributed by atoms with Gasteiger partial charge in [-0.15, -0.1) is 0 Å². The molecule has 1 fully saturated rings. The van der Waals surface area contributed by atoms with E-state index in [2.05, 4.69) is 0 Å². The highest BCUT2D eigenvalue weighted by Gasteiger charge is 2.49. The molecule has 0 bridgehead atoms. The molecule has 1 aliphatic heterocycles. The second-order valence-electron chi connectivity index (χ2n) is 5.75. The Balaban J connectivity index is 2.93. The fourth-order valence-corrected chi connectivity index (χ4v) is 1.97. The molecule has 0 aromatic carbocycles. The van der Waals surface area contributed by atoms with Crippen molar-refractivity contribution in [2.45, 2.75) is 65.0 Å². The maximum atomic E-state index is 12.1. The fraction of sp³-hybridized carbons (Fsp3) is 0.833. The van der Waals surface area contributed by atoms with Crippen LogP contribution in [0.25, 0.3) is 0 Å². The number of carbonyl (C=O) groups is 2. The van der Waals surface area contributed by atoms with Crippen LogP contribution in [0.5, 0.6) is 0 Å². The van der Waals surface area contributed by atoms with E-state index in [1.54, 1.807) is 41.5 Å². The molecule has 0 aromatic heterocycles. The third kappa shape index (κ3) is 2.97. The number of carbonyl (C=O) groups excluding carboxylic acids is 2. The molecular formula is C12H21NO4. The van der Waals surface area contributed by atoms with Gasteiger partial charge in [0.05, 0.1) is 6.10 Å². The van der Waals surface area contributed by atoms with Gasteiger partial charge in [0.25, 0.3) is 0 Å². The Morgan fingerprint density at radius 3 is 2.35 bits per heavy atom. The Kier molecular flexibility index (Phi) is 3.52. The van der Waals surface area contributed by atoms with Gasteiger partial charge in [-0.25, -0.2) is 4.79 Å². The van der Waals surface area contributed by atoms with Crippen LogP contribution in [0.1, 0.15) is 41.5 Å². The topological polar surface area (TPSA) is 55.8 Å². The number of hydrogen-bond acceptors (Lipinski definition) is 4. The smallest absolute Gasteiger partial charge is 0.413 e. The van der Waals surface area contributed by atoms with E-state index >= 15 is 0 Å². The van der Waals surface area contributed by atoms with Crippen molar-refractivity contribution in [2.24, 2.45) is 0 Å². The lowest BCUT2D eigenvalue weighted by Gasteiger charge is -2.33. The average Bonchev–Trinajstić information content (AvgIpc) is 2.31. The lowest BCUT2D eigenvalue weighted by atomic mass is 10.1. The summed E-state index contributed by atoms with van der Waals surface area (Å²) in [5.41, 5.74) is -1.42. The van der Waals surface area contributed by atoms with Crippen LogP contribution < -0.4 is 0 Å². The second-order valence-corrected chi connectivity index (χ2v) is 5.75. The van der Waals surface area contributed by atoms with E-state index in [0.717, 1.165) is 6.29 Å². The molecule has 1 aliphatic rings. The van der Waals surface area contributed by atoms with Crippen LogP contribution in [0.4, 0.5) is 4.79 Å². The van der Waals surface area contributed by atoms with Crippen molar-refractivity contribution in [1.29, 1.82) is 0 Å². The summed E-state index contributed by atoms with van der Waals surface area (Å²) >= 11 is 0. The lowest BCUT2D eigenvalue weighted by molar-refractivity contribution is -0.113. The van der Waals surface area contributed by atoms with Gasteiger partial charge in [-0.2, -0.15) is 0 Å². The molecule has 98 valence electrons. The monoisotopic (exact) mass is 243 g/mol. The summed E-state index contributed by atoms with van der Waals surface area (Å²) in [4.78, 5) is 24.5. The zero-order valence-electron chi connectivity index (χ0n) is 11.3. The Morgan fingerprint density at radius 2 is 1.94 bits per heavy atom. The van der Waals surface area contributed by atoms with Gasteiger partial charge in [-0.3, -0.25) is 4.90 Å². The number of nitrogens with zero attached hydrogens (tertiary/aromatic N) is 1. The molecule has 0 aliphatic carbocycles. The van der Waals surface area contributed by atoms with Crippen LogP contribution in [0.3, 0.4) is 0 Å². The van der Waals surface area contributed by atoms with Crippen molar-refractivity contribution in [1.82, 2.24) is 4.90 Å². The molecule has 0 aromatic rings. The minimum Gasteiger partial charge on any atom is -0.444 e. The first-order valence-electron chi connectivity index (χ1n) is 5.74. The first kappa shape index (κ1) is 14.0. The van der Waals surface area contributed by atoms with E-state index < -0.39 is 23.5 Å². The van der Waals surface area contributed by atoms with Gasteiger partial charge < -0.3 is 14.3 Å². The Bertz CT molecular complexity index is 319. The summed E-state index contributed by atoms with van der Waals surface area (Å²) in [5, 5.41) is 0. The van der Waals surface area contributed by atoms with E-state index in [4.69, 9.17) is 9.47 Å². The molecule has 17 heavy (non-hydrogen) atoms. The first-order valence-corrected chi connectivity index (χ1v) is 5.74. The van der Waals surface area contributed by atoms with E-state index in [1.165, 1.54) is 4.90 Å². The summed E-state index contributed by atoms with van der Waals surface area (Å²) in [7, 11) is 0. The summed E-state index contributed by atoms with van der Waals surface area (Å²) in [6.07, 6.45) is -0.123. The van der Waals surface area contributed by atoms with E-state index in [1.807, 2.05) is 0 Å². The van der Waals surface area contributed by atoms with Crippen molar-refractivity contribution in [3.05, 3.63) is 0 Å². The van der Waals surface area contributed by atoms with Crippen molar-refractivity contribution in [3.63, 3.8) is 0 Å². The highest BCUT2D eigenvalue weighted by Crippen LogP contribution is 2.32. The maximum absolute atomic E-state index is 12.1. The van der Waals surface area contributed by atoms with Gasteiger partial charge in [0, 0.05) is 0 Å². The Hall–Kier alpha value is -1.10. The van der Waals surface area contributed by atoms with Gasteiger partial charge >= 0.3 is 6.09 Å². The summed E-state index contributed by atoms with van der Waals surface area (Å²) < 4.78 is 10.9. The van der Waals surface area contributed by atoms with Crippen LogP contribution in [-0.2, 0) is 14.3 Å². The zero-order chi connectivity index (χ0) is 13.4. The molecule has 0 spiro atoms. The minimum atomic E-state index is -0.826. The predicted molar refractivity (Wildman–Crippen MR) is 62.6 cm³/mol. The van der Waals surface area contributed by atoms with Crippen molar-refractivity contribution in [3.8, 4) is 0 Å². The van der Waals surface area contributed by atoms with E-state index in [0.29, 0.717) is 0 Å². The molecule has 5 heteroatoms. The molecular weight excluding hydrogens is 222 g/mol. The average molecular weight is 243 g/mol.